The summed E-state index contributed by atoms with van der Waals surface area (Å²) in [5.74, 6) is 0.945. The van der Waals surface area contributed by atoms with E-state index in [1.807, 2.05) is 0 Å². The minimum atomic E-state index is 0.705. The molecule has 132 valence electrons. The Balaban J connectivity index is 1.22. The van der Waals surface area contributed by atoms with Crippen LogP contribution in [0.3, 0.4) is 0 Å². The van der Waals surface area contributed by atoms with Crippen LogP contribution in [0.25, 0.3) is 0 Å². The highest BCUT2D eigenvalue weighted by molar-refractivity contribution is 5.27. The summed E-state index contributed by atoms with van der Waals surface area (Å²) in [5.41, 5.74) is 2.09. The lowest BCUT2D eigenvalue weighted by molar-refractivity contribution is -0.0386. The predicted octanol–water partition coefficient (Wildman–Crippen LogP) is 2.34. The maximum Gasteiger partial charge on any atom is 0.118 e. The molecule has 24 heavy (non-hydrogen) atoms. The summed E-state index contributed by atoms with van der Waals surface area (Å²) in [6, 6.07) is 9.39. The summed E-state index contributed by atoms with van der Waals surface area (Å²) in [4.78, 5) is 5.36. The van der Waals surface area contributed by atoms with E-state index in [-0.39, 0.29) is 0 Å². The lowest BCUT2D eigenvalue weighted by Gasteiger charge is -2.55. The van der Waals surface area contributed by atoms with E-state index in [1.54, 1.807) is 7.11 Å². The number of nitrogens with zero attached hydrogens (tertiary/aromatic N) is 2. The Morgan fingerprint density at radius 1 is 1.04 bits per heavy atom. The van der Waals surface area contributed by atoms with E-state index in [1.165, 1.54) is 70.5 Å². The van der Waals surface area contributed by atoms with Crippen LogP contribution in [0, 0.1) is 5.41 Å². The molecule has 3 aliphatic rings. The summed E-state index contributed by atoms with van der Waals surface area (Å²) in [7, 11) is 1.72. The Morgan fingerprint density at radius 2 is 1.71 bits per heavy atom. The summed E-state index contributed by atoms with van der Waals surface area (Å²) in [6.45, 7) is 8.45. The van der Waals surface area contributed by atoms with Gasteiger partial charge >= 0.3 is 0 Å². The average molecular weight is 329 g/mol. The molecule has 1 N–H and O–H groups in total. The second kappa shape index (κ2) is 7.03. The van der Waals surface area contributed by atoms with Gasteiger partial charge in [0.15, 0.2) is 0 Å². The smallest absolute Gasteiger partial charge is 0.118 e. The number of benzene rings is 1. The Morgan fingerprint density at radius 3 is 2.33 bits per heavy atom. The summed E-state index contributed by atoms with van der Waals surface area (Å²) < 4.78 is 5.24. The highest BCUT2D eigenvalue weighted by atomic mass is 16.5. The van der Waals surface area contributed by atoms with Gasteiger partial charge in [-0.05, 0) is 61.9 Å². The number of methoxy groups -OCH3 is 1. The van der Waals surface area contributed by atoms with Crippen LogP contribution in [-0.2, 0) is 6.54 Å². The molecule has 2 heterocycles. The Kier molecular flexibility index (Phi) is 4.79. The normalized spacial score (nSPS) is 25.5. The fourth-order valence-electron chi connectivity index (χ4n) is 4.84. The quantitative estimate of drug-likeness (QED) is 0.918. The van der Waals surface area contributed by atoms with E-state index in [2.05, 4.69) is 39.4 Å². The van der Waals surface area contributed by atoms with E-state index in [9.17, 15) is 0 Å². The van der Waals surface area contributed by atoms with Gasteiger partial charge in [-0.25, -0.2) is 0 Å². The summed E-state index contributed by atoms with van der Waals surface area (Å²) in [5, 5.41) is 3.51. The van der Waals surface area contributed by atoms with Crippen molar-refractivity contribution in [3.63, 3.8) is 0 Å². The van der Waals surface area contributed by atoms with E-state index < -0.39 is 0 Å². The molecule has 1 spiro atoms. The molecular formula is C20H31N3O. The molecule has 1 aliphatic carbocycles. The van der Waals surface area contributed by atoms with Crippen molar-refractivity contribution in [2.45, 2.75) is 38.3 Å². The van der Waals surface area contributed by atoms with Crippen LogP contribution in [0.15, 0.2) is 24.3 Å². The van der Waals surface area contributed by atoms with Gasteiger partial charge in [-0.2, -0.15) is 0 Å². The fraction of sp³-hybridized carbons (Fsp3) is 0.700. The monoisotopic (exact) mass is 329 g/mol. The van der Waals surface area contributed by atoms with Crippen LogP contribution in [0.5, 0.6) is 5.75 Å². The van der Waals surface area contributed by atoms with Crippen molar-refractivity contribution in [3.05, 3.63) is 29.8 Å². The largest absolute Gasteiger partial charge is 0.497 e. The molecule has 0 unspecified atom stereocenters. The Hall–Kier alpha value is -1.10. The molecule has 1 aromatic rings. The first-order chi connectivity index (χ1) is 11.8. The number of rotatable bonds is 4. The molecule has 2 aliphatic heterocycles. The third-order valence-corrected chi connectivity index (χ3v) is 6.49. The van der Waals surface area contributed by atoms with Gasteiger partial charge < -0.3 is 10.1 Å². The molecule has 2 saturated heterocycles. The number of hydrogen-bond donors (Lipinski definition) is 1. The number of hydrogen-bond acceptors (Lipinski definition) is 4. The second-order valence-corrected chi connectivity index (χ2v) is 7.97. The second-order valence-electron chi connectivity index (χ2n) is 7.97. The molecule has 0 radical (unpaired) electrons. The van der Waals surface area contributed by atoms with Gasteiger partial charge in [0.25, 0.3) is 0 Å². The fourth-order valence-corrected chi connectivity index (χ4v) is 4.84. The van der Waals surface area contributed by atoms with Gasteiger partial charge in [-0.1, -0.05) is 12.1 Å². The first-order valence-corrected chi connectivity index (χ1v) is 9.56. The third kappa shape index (κ3) is 3.46. The first-order valence-electron chi connectivity index (χ1n) is 9.56. The number of nitrogens with one attached hydrogen (secondary N) is 1. The van der Waals surface area contributed by atoms with Gasteiger partial charge in [0, 0.05) is 38.8 Å². The van der Waals surface area contributed by atoms with Crippen molar-refractivity contribution in [2.75, 3.05) is 46.4 Å². The van der Waals surface area contributed by atoms with E-state index >= 15 is 0 Å². The lowest BCUT2D eigenvalue weighted by Crippen LogP contribution is -2.58. The van der Waals surface area contributed by atoms with Gasteiger partial charge in [0.2, 0.25) is 0 Å². The van der Waals surface area contributed by atoms with Crippen LogP contribution < -0.4 is 10.1 Å². The molecule has 4 nitrogen and oxygen atoms in total. The van der Waals surface area contributed by atoms with Crippen molar-refractivity contribution in [3.8, 4) is 5.75 Å². The molecule has 3 fully saturated rings. The van der Waals surface area contributed by atoms with Crippen molar-refractivity contribution in [1.82, 2.24) is 15.1 Å². The van der Waals surface area contributed by atoms with E-state index in [4.69, 9.17) is 4.74 Å². The zero-order chi connectivity index (χ0) is 16.4. The van der Waals surface area contributed by atoms with Crippen LogP contribution in [-0.4, -0.2) is 62.2 Å². The standard InChI is InChI=1S/C20H31N3O/c1-24-19-4-2-17(3-5-19)16-22-10-12-23(13-11-22)18-14-20(15-18)6-8-21-9-7-20/h2-5,18,21H,6-16H2,1H3. The van der Waals surface area contributed by atoms with Crippen LogP contribution in [0.2, 0.25) is 0 Å². The number of piperazine rings is 1. The molecule has 0 atom stereocenters. The molecule has 0 aromatic heterocycles. The third-order valence-electron chi connectivity index (χ3n) is 6.49. The molecule has 4 heteroatoms. The zero-order valence-electron chi connectivity index (χ0n) is 15.0. The van der Waals surface area contributed by atoms with Crippen LogP contribution >= 0.6 is 0 Å². The maximum atomic E-state index is 5.24. The zero-order valence-corrected chi connectivity index (χ0v) is 15.0. The van der Waals surface area contributed by atoms with Crippen LogP contribution in [0.4, 0.5) is 0 Å². The SMILES string of the molecule is COc1ccc(CN2CCN(C3CC4(CCNCC4)C3)CC2)cc1. The highest BCUT2D eigenvalue weighted by Gasteiger charge is 2.46. The maximum absolute atomic E-state index is 5.24. The lowest BCUT2D eigenvalue weighted by atomic mass is 9.60. The van der Waals surface area contributed by atoms with E-state index in [0.29, 0.717) is 5.41 Å². The minimum Gasteiger partial charge on any atom is -0.497 e. The predicted molar refractivity (Wildman–Crippen MR) is 97.4 cm³/mol. The highest BCUT2D eigenvalue weighted by Crippen LogP contribution is 2.49. The average Bonchev–Trinajstić information content (AvgIpc) is 2.62. The van der Waals surface area contributed by atoms with Crippen molar-refractivity contribution in [2.24, 2.45) is 5.41 Å². The Labute approximate surface area is 146 Å². The number of ether oxygens (including phenoxy) is 1. The summed E-state index contributed by atoms with van der Waals surface area (Å²) >= 11 is 0. The van der Waals surface area contributed by atoms with Gasteiger partial charge in [0.05, 0.1) is 7.11 Å². The molecule has 1 aromatic carbocycles. The molecular weight excluding hydrogens is 298 g/mol. The van der Waals surface area contributed by atoms with Gasteiger partial charge in [0.1, 0.15) is 5.75 Å². The molecule has 4 rings (SSSR count). The number of piperidine rings is 1. The van der Waals surface area contributed by atoms with Crippen LogP contribution in [0.1, 0.15) is 31.2 Å². The molecule has 0 amide bonds. The molecule has 0 bridgehead atoms. The summed E-state index contributed by atoms with van der Waals surface area (Å²) in [6.07, 6.45) is 5.71. The van der Waals surface area contributed by atoms with Crippen molar-refractivity contribution in [1.29, 1.82) is 0 Å². The molecule has 1 saturated carbocycles. The Bertz CT molecular complexity index is 522. The van der Waals surface area contributed by atoms with E-state index in [0.717, 1.165) is 18.3 Å². The van der Waals surface area contributed by atoms with Gasteiger partial charge in [-0.3, -0.25) is 9.80 Å². The van der Waals surface area contributed by atoms with Crippen molar-refractivity contribution < 1.29 is 4.74 Å². The minimum absolute atomic E-state index is 0.705. The topological polar surface area (TPSA) is 27.7 Å². The van der Waals surface area contributed by atoms with Gasteiger partial charge in [-0.15, -0.1) is 0 Å². The first kappa shape index (κ1) is 16.4. The van der Waals surface area contributed by atoms with Crippen molar-refractivity contribution >= 4 is 0 Å².